The van der Waals surface area contributed by atoms with Gasteiger partial charge in [-0.2, -0.15) is 0 Å². The van der Waals surface area contributed by atoms with Crippen LogP contribution in [0, 0.1) is 0 Å². The summed E-state index contributed by atoms with van der Waals surface area (Å²) in [5, 5.41) is 0. The molecule has 208 valence electrons. The van der Waals surface area contributed by atoms with Gasteiger partial charge in [0.1, 0.15) is 13.2 Å². The van der Waals surface area contributed by atoms with Gasteiger partial charge in [0.2, 0.25) is 0 Å². The van der Waals surface area contributed by atoms with Crippen LogP contribution < -0.4 is 41.9 Å². The molecule has 12 nitrogen and oxygen atoms in total. The molecule has 0 saturated heterocycles. The van der Waals surface area contributed by atoms with E-state index in [0.717, 1.165) is 0 Å². The molecule has 0 unspecified atom stereocenters. The fraction of sp³-hybridized carbons (Fsp3) is 0.259. The van der Waals surface area contributed by atoms with Gasteiger partial charge in [0.05, 0.1) is 33.7 Å². The minimum atomic E-state index is -0.344. The molecule has 0 aliphatic rings. The van der Waals surface area contributed by atoms with Crippen LogP contribution in [0.1, 0.15) is 17.5 Å². The van der Waals surface area contributed by atoms with Crippen LogP contribution in [-0.4, -0.2) is 64.0 Å². The Morgan fingerprint density at radius 1 is 0.692 bits per heavy atom. The number of hydrogen-bond acceptors (Lipinski definition) is 8. The highest BCUT2D eigenvalue weighted by atomic mass is 16.5. The average Bonchev–Trinajstić information content (AvgIpc) is 2.91. The predicted molar refractivity (Wildman–Crippen MR) is 151 cm³/mol. The lowest BCUT2D eigenvalue weighted by Gasteiger charge is -2.10. The number of rotatable bonds is 16. The Hall–Kier alpha value is -5.00. The molecule has 0 atom stereocenters. The molecule has 0 fully saturated rings. The molecule has 0 aliphatic heterocycles. The second-order valence-electron chi connectivity index (χ2n) is 7.91. The highest BCUT2D eigenvalue weighted by molar-refractivity contribution is 6.10. The summed E-state index contributed by atoms with van der Waals surface area (Å²) < 4.78 is 21.9. The van der Waals surface area contributed by atoms with E-state index < -0.39 is 0 Å². The first kappa shape index (κ1) is 30.2. The van der Waals surface area contributed by atoms with Gasteiger partial charge in [-0.25, -0.2) is 0 Å². The molecule has 2 aromatic carbocycles. The van der Waals surface area contributed by atoms with Gasteiger partial charge in [0.25, 0.3) is 0 Å². The van der Waals surface area contributed by atoms with Crippen LogP contribution in [0.15, 0.2) is 58.5 Å². The number of ketones is 2. The summed E-state index contributed by atoms with van der Waals surface area (Å²) in [5.74, 6) is 1.27. The molecule has 0 saturated carbocycles. The average molecular weight is 539 g/mol. The minimum absolute atomic E-state index is 0.0119. The molecule has 8 N–H and O–H groups in total. The van der Waals surface area contributed by atoms with E-state index >= 15 is 0 Å². The van der Waals surface area contributed by atoms with Crippen molar-refractivity contribution in [3.8, 4) is 23.0 Å². The maximum absolute atomic E-state index is 12.3. The van der Waals surface area contributed by atoms with Crippen LogP contribution in [0.2, 0.25) is 0 Å². The van der Waals surface area contributed by atoms with Crippen molar-refractivity contribution in [2.45, 2.75) is 6.42 Å². The van der Waals surface area contributed by atoms with Crippen molar-refractivity contribution in [1.29, 1.82) is 0 Å². The van der Waals surface area contributed by atoms with Crippen molar-refractivity contribution in [1.82, 2.24) is 0 Å². The second-order valence-corrected chi connectivity index (χ2v) is 7.91. The number of benzene rings is 2. The van der Waals surface area contributed by atoms with E-state index in [1.165, 1.54) is 26.4 Å². The zero-order valence-corrected chi connectivity index (χ0v) is 22.0. The molecule has 0 amide bonds. The van der Waals surface area contributed by atoms with Crippen molar-refractivity contribution in [3.05, 3.63) is 59.7 Å². The third-order valence-corrected chi connectivity index (χ3v) is 4.93. The maximum atomic E-state index is 12.3. The van der Waals surface area contributed by atoms with Crippen molar-refractivity contribution in [2.75, 3.05) is 40.5 Å². The molecular weight excluding hydrogens is 504 g/mol. The van der Waals surface area contributed by atoms with Crippen molar-refractivity contribution < 1.29 is 28.5 Å². The first-order valence-corrected chi connectivity index (χ1v) is 11.9. The van der Waals surface area contributed by atoms with Gasteiger partial charge in [0, 0.05) is 0 Å². The summed E-state index contributed by atoms with van der Waals surface area (Å²) in [5.41, 5.74) is 22.6. The van der Waals surface area contributed by atoms with Gasteiger partial charge < -0.3 is 41.9 Å². The Labute approximate surface area is 227 Å². The smallest absolute Gasteiger partial charge is 0.186 e. The molecule has 39 heavy (non-hydrogen) atoms. The highest BCUT2D eigenvalue weighted by Gasteiger charge is 2.08. The molecular formula is C27H34N6O6. The van der Waals surface area contributed by atoms with E-state index in [2.05, 4.69) is 9.98 Å². The number of methoxy groups -OCH3 is 2. The highest BCUT2D eigenvalue weighted by Crippen LogP contribution is 2.29. The van der Waals surface area contributed by atoms with Crippen LogP contribution in [0.3, 0.4) is 0 Å². The lowest BCUT2D eigenvalue weighted by molar-refractivity contribution is -0.121. The van der Waals surface area contributed by atoms with Crippen molar-refractivity contribution >= 4 is 35.6 Å². The fourth-order valence-corrected chi connectivity index (χ4v) is 3.14. The van der Waals surface area contributed by atoms with Gasteiger partial charge in [-0.05, 0) is 47.5 Å². The standard InChI is InChI=1S/C27H34N6O6/c1-36-24-15-18(5-9-22(24)38-13-11-32-26(28)29)3-7-20(34)17-21(35)8-4-19-6-10-23(25(16-19)37-2)39-14-12-33-27(30)31/h3-10,15-16H,11-14,17H2,1-2H3,(H4,28,29,32)(H4,30,31,33)/b7-3+,8-4+. The fourth-order valence-electron chi connectivity index (χ4n) is 3.14. The number of ether oxygens (including phenoxy) is 4. The molecule has 0 spiro atoms. The summed E-state index contributed by atoms with van der Waals surface area (Å²) in [6, 6.07) is 10.4. The molecule has 0 aromatic heterocycles. The number of carbonyl (C=O) groups excluding carboxylic acids is 2. The first-order valence-electron chi connectivity index (χ1n) is 11.9. The van der Waals surface area contributed by atoms with Crippen molar-refractivity contribution in [3.63, 3.8) is 0 Å². The first-order chi connectivity index (χ1) is 18.7. The van der Waals surface area contributed by atoms with Crippen LogP contribution in [0.5, 0.6) is 23.0 Å². The number of allylic oxidation sites excluding steroid dienone is 2. The quantitative estimate of drug-likeness (QED) is 0.0793. The van der Waals surface area contributed by atoms with Gasteiger partial charge in [-0.3, -0.25) is 19.6 Å². The zero-order chi connectivity index (χ0) is 28.6. The third kappa shape index (κ3) is 11.3. The summed E-state index contributed by atoms with van der Waals surface area (Å²) in [7, 11) is 3.01. The van der Waals surface area contributed by atoms with E-state index in [-0.39, 0.29) is 43.1 Å². The number of hydrogen-bond donors (Lipinski definition) is 4. The number of aliphatic imine (C=N–C) groups is 2. The lowest BCUT2D eigenvalue weighted by Crippen LogP contribution is -2.23. The largest absolute Gasteiger partial charge is 0.493 e. The molecule has 0 radical (unpaired) electrons. The summed E-state index contributed by atoms with van der Waals surface area (Å²) in [6.07, 6.45) is 5.61. The van der Waals surface area contributed by atoms with E-state index in [4.69, 9.17) is 41.9 Å². The lowest BCUT2D eigenvalue weighted by atomic mass is 10.1. The number of guanidine groups is 2. The molecule has 0 bridgehead atoms. The van der Waals surface area contributed by atoms with Gasteiger partial charge in [-0.15, -0.1) is 0 Å². The predicted octanol–water partition coefficient (Wildman–Crippen LogP) is 1.26. The van der Waals surface area contributed by atoms with Gasteiger partial charge >= 0.3 is 0 Å². The third-order valence-electron chi connectivity index (χ3n) is 4.93. The number of nitrogens with zero attached hydrogens (tertiary/aromatic N) is 2. The Morgan fingerprint density at radius 2 is 1.10 bits per heavy atom. The maximum Gasteiger partial charge on any atom is 0.186 e. The SMILES string of the molecule is COc1cc(/C=C/C(=O)CC(=O)/C=C/c2ccc(OCCN=C(N)N)c(OC)c2)ccc1OCCN=C(N)N. The van der Waals surface area contributed by atoms with Crippen LogP contribution in [-0.2, 0) is 9.59 Å². The van der Waals surface area contributed by atoms with Crippen LogP contribution in [0.4, 0.5) is 0 Å². The van der Waals surface area contributed by atoms with Crippen LogP contribution >= 0.6 is 0 Å². The summed E-state index contributed by atoms with van der Waals surface area (Å²) in [6.45, 7) is 1.14. The Bertz CT molecular complexity index is 1150. The Morgan fingerprint density at radius 3 is 1.46 bits per heavy atom. The topological polar surface area (TPSA) is 200 Å². The summed E-state index contributed by atoms with van der Waals surface area (Å²) >= 11 is 0. The van der Waals surface area contributed by atoms with E-state index in [0.29, 0.717) is 47.2 Å². The van der Waals surface area contributed by atoms with Crippen LogP contribution in [0.25, 0.3) is 12.2 Å². The molecule has 2 rings (SSSR count). The molecule has 0 aliphatic carbocycles. The van der Waals surface area contributed by atoms with Crippen molar-refractivity contribution in [2.24, 2.45) is 32.9 Å². The van der Waals surface area contributed by atoms with E-state index in [1.807, 2.05) is 0 Å². The van der Waals surface area contributed by atoms with E-state index in [1.54, 1.807) is 48.6 Å². The van der Waals surface area contributed by atoms with Gasteiger partial charge in [0.15, 0.2) is 46.5 Å². The number of carbonyl (C=O) groups is 2. The monoisotopic (exact) mass is 538 g/mol. The Kier molecular flexibility index (Phi) is 12.4. The molecule has 12 heteroatoms. The van der Waals surface area contributed by atoms with E-state index in [9.17, 15) is 9.59 Å². The second kappa shape index (κ2) is 16.0. The normalized spacial score (nSPS) is 10.7. The molecule has 0 heterocycles. The summed E-state index contributed by atoms with van der Waals surface area (Å²) in [4.78, 5) is 32.3. The minimum Gasteiger partial charge on any atom is -0.493 e. The molecule has 2 aromatic rings. The zero-order valence-electron chi connectivity index (χ0n) is 22.0. The Balaban J connectivity index is 1.92. The van der Waals surface area contributed by atoms with Gasteiger partial charge in [-0.1, -0.05) is 24.3 Å². The number of nitrogens with two attached hydrogens (primary N) is 4.